The number of benzene rings is 2. The van der Waals surface area contributed by atoms with Crippen molar-refractivity contribution in [3.63, 3.8) is 0 Å². The molecule has 2 aliphatic carbocycles. The van der Waals surface area contributed by atoms with Gasteiger partial charge < -0.3 is 14.6 Å². The summed E-state index contributed by atoms with van der Waals surface area (Å²) in [6, 6.07) is 15.4. The highest BCUT2D eigenvalue weighted by molar-refractivity contribution is 8.00. The Morgan fingerprint density at radius 3 is 2.44 bits per heavy atom. The van der Waals surface area contributed by atoms with Gasteiger partial charge in [-0.15, -0.1) is 11.8 Å². The highest BCUT2D eigenvalue weighted by Gasteiger charge is 2.69. The number of ether oxygens (including phenoxy) is 1. The zero-order valence-electron chi connectivity index (χ0n) is 23.9. The third-order valence-corrected chi connectivity index (χ3v) is 12.9. The predicted molar refractivity (Wildman–Crippen MR) is 165 cm³/mol. The number of carbonyl (C=O) groups excluding carboxylic acids is 3. The van der Waals surface area contributed by atoms with Gasteiger partial charge >= 0.3 is 4.87 Å². The number of aryl methyl sites for hydroxylation is 1. The summed E-state index contributed by atoms with van der Waals surface area (Å²) in [6.07, 6.45) is 4.02. The van der Waals surface area contributed by atoms with Gasteiger partial charge in [-0.3, -0.25) is 24.1 Å². The van der Waals surface area contributed by atoms with Crippen LogP contribution in [0.15, 0.2) is 58.4 Å². The van der Waals surface area contributed by atoms with Crippen molar-refractivity contribution in [1.29, 1.82) is 0 Å². The molecule has 0 spiro atoms. The lowest BCUT2D eigenvalue weighted by Crippen LogP contribution is -2.43. The Bertz CT molecular complexity index is 1680. The van der Waals surface area contributed by atoms with Crippen molar-refractivity contribution in [1.82, 2.24) is 9.88 Å². The average Bonchev–Trinajstić information content (AvgIpc) is 3.76. The van der Waals surface area contributed by atoms with Crippen molar-refractivity contribution in [3.05, 3.63) is 74.2 Å². The largest absolute Gasteiger partial charge is 0.483 e. The first kappa shape index (κ1) is 27.2. The summed E-state index contributed by atoms with van der Waals surface area (Å²) >= 11 is 2.90. The van der Waals surface area contributed by atoms with Gasteiger partial charge in [0, 0.05) is 34.7 Å². The van der Waals surface area contributed by atoms with Gasteiger partial charge in [-0.2, -0.15) is 0 Å². The van der Waals surface area contributed by atoms with E-state index >= 15 is 0 Å². The Hall–Kier alpha value is -3.37. The second-order valence-corrected chi connectivity index (χ2v) is 14.8. The smallest absolute Gasteiger partial charge is 0.305 e. The van der Waals surface area contributed by atoms with E-state index in [1.165, 1.54) is 16.2 Å². The highest BCUT2D eigenvalue weighted by Crippen LogP contribution is 2.69. The molecule has 222 valence electrons. The van der Waals surface area contributed by atoms with E-state index in [-0.39, 0.29) is 70.0 Å². The van der Waals surface area contributed by atoms with Gasteiger partial charge in [0.25, 0.3) is 5.91 Å². The van der Waals surface area contributed by atoms with E-state index in [0.717, 1.165) is 59.8 Å². The lowest BCUT2D eigenvalue weighted by atomic mass is 9.68. The zero-order chi connectivity index (χ0) is 29.4. The third-order valence-electron chi connectivity index (χ3n) is 10.3. The molecule has 1 N–H and O–H groups in total. The number of aromatic amines is 1. The van der Waals surface area contributed by atoms with Gasteiger partial charge in [0.05, 0.1) is 22.5 Å². The first-order valence-electron chi connectivity index (χ1n) is 15.2. The average molecular weight is 616 g/mol. The molecule has 3 aliphatic heterocycles. The van der Waals surface area contributed by atoms with Gasteiger partial charge in [-0.1, -0.05) is 47.2 Å². The van der Waals surface area contributed by atoms with E-state index in [2.05, 4.69) is 4.98 Å². The summed E-state index contributed by atoms with van der Waals surface area (Å²) in [4.78, 5) is 60.8. The van der Waals surface area contributed by atoms with Crippen LogP contribution in [0.3, 0.4) is 0 Å². The molecule has 2 bridgehead atoms. The molecular formula is C33H33N3O5S2. The lowest BCUT2D eigenvalue weighted by Gasteiger charge is -2.43. The van der Waals surface area contributed by atoms with Crippen LogP contribution in [0.1, 0.15) is 47.6 Å². The number of para-hydroxylation sites is 1. The Kier molecular flexibility index (Phi) is 6.56. The van der Waals surface area contributed by atoms with Crippen LogP contribution >= 0.6 is 23.1 Å². The first-order chi connectivity index (χ1) is 20.9. The SMILES string of the molecule is Cc1ccc(N2C(=O)C3C4CC(C3C2=O)C2C4Sc3[nH]c(=O)sc3[C@@H]2c2ccccc2OCC(=O)N2CCCCC2)cc1. The molecule has 4 heterocycles. The number of fused-ring (bicyclic) bond motifs is 9. The predicted octanol–water partition coefficient (Wildman–Crippen LogP) is 4.81. The van der Waals surface area contributed by atoms with Gasteiger partial charge in [0.15, 0.2) is 6.61 Å². The standard InChI is InChI=1S/C33H33N3O5S2/c1-17-9-11-18(12-10-17)36-31(38)26-20-15-21(27(26)32(36)39)28-25(20)24(29-30(42-28)34-33(40)43-29)19-7-3-4-8-22(19)41-16-23(37)35-13-5-2-6-14-35/h3-4,7-12,20-21,24-28H,2,5-6,13-16H2,1H3,(H,34,40)/t20?,21?,24-,25?,26?,27?,28?/m1/s1. The second-order valence-electron chi connectivity index (χ2n) is 12.6. The number of H-pyrrole nitrogens is 1. The summed E-state index contributed by atoms with van der Waals surface area (Å²) in [7, 11) is 0. The van der Waals surface area contributed by atoms with E-state index in [9.17, 15) is 19.2 Å². The van der Waals surface area contributed by atoms with Crippen molar-refractivity contribution < 1.29 is 19.1 Å². The van der Waals surface area contributed by atoms with Crippen LogP contribution in [0.5, 0.6) is 5.75 Å². The Balaban J connectivity index is 1.15. The number of piperidine rings is 1. The second kappa shape index (κ2) is 10.4. The zero-order valence-corrected chi connectivity index (χ0v) is 25.5. The number of amides is 3. The van der Waals surface area contributed by atoms with Gasteiger partial charge in [-0.05, 0) is 68.6 Å². The summed E-state index contributed by atoms with van der Waals surface area (Å²) < 4.78 is 6.25. The van der Waals surface area contributed by atoms with Crippen molar-refractivity contribution in [3.8, 4) is 5.75 Å². The molecule has 5 aliphatic rings. The molecule has 10 heteroatoms. The lowest BCUT2D eigenvalue weighted by molar-refractivity contribution is -0.134. The molecule has 2 saturated carbocycles. The number of hydrogen-bond acceptors (Lipinski definition) is 7. The van der Waals surface area contributed by atoms with Crippen LogP contribution in [0.4, 0.5) is 5.69 Å². The monoisotopic (exact) mass is 615 g/mol. The summed E-state index contributed by atoms with van der Waals surface area (Å²) in [5, 5.41) is 0.948. The summed E-state index contributed by atoms with van der Waals surface area (Å²) in [5.41, 5.74) is 2.66. The molecule has 1 aromatic heterocycles. The maximum atomic E-state index is 14.0. The number of nitrogens with one attached hydrogen (secondary N) is 1. The maximum Gasteiger partial charge on any atom is 0.305 e. The minimum Gasteiger partial charge on any atom is -0.483 e. The van der Waals surface area contributed by atoms with Crippen molar-refractivity contribution >= 4 is 46.5 Å². The number of anilines is 1. The Morgan fingerprint density at radius 2 is 1.67 bits per heavy atom. The Labute approximate surface area is 257 Å². The highest BCUT2D eigenvalue weighted by atomic mass is 32.2. The number of aromatic nitrogens is 1. The summed E-state index contributed by atoms with van der Waals surface area (Å²) in [5.74, 6) is -0.307. The number of thioether (sulfide) groups is 1. The van der Waals surface area contributed by atoms with Crippen LogP contribution < -0.4 is 14.5 Å². The molecular weight excluding hydrogens is 583 g/mol. The van der Waals surface area contributed by atoms with Crippen LogP contribution in [0.2, 0.25) is 0 Å². The molecule has 4 fully saturated rings. The van der Waals surface area contributed by atoms with Gasteiger partial charge in [-0.25, -0.2) is 0 Å². The molecule has 6 unspecified atom stereocenters. The van der Waals surface area contributed by atoms with Crippen molar-refractivity contribution in [2.45, 2.75) is 48.8 Å². The fraction of sp³-hybridized carbons (Fsp3) is 0.455. The minimum absolute atomic E-state index is 0.00685. The fourth-order valence-electron chi connectivity index (χ4n) is 8.56. The van der Waals surface area contributed by atoms with E-state index < -0.39 is 0 Å². The molecule has 0 radical (unpaired) electrons. The number of imide groups is 1. The maximum absolute atomic E-state index is 14.0. The molecule has 2 saturated heterocycles. The quantitative estimate of drug-likeness (QED) is 0.414. The molecule has 43 heavy (non-hydrogen) atoms. The van der Waals surface area contributed by atoms with Crippen LogP contribution in [-0.2, 0) is 14.4 Å². The van der Waals surface area contributed by atoms with Crippen LogP contribution in [0.25, 0.3) is 0 Å². The van der Waals surface area contributed by atoms with Crippen molar-refractivity contribution in [2.24, 2.45) is 29.6 Å². The summed E-state index contributed by atoms with van der Waals surface area (Å²) in [6.45, 7) is 3.50. The minimum atomic E-state index is -0.367. The normalized spacial score (nSPS) is 30.8. The van der Waals surface area contributed by atoms with E-state index in [1.807, 2.05) is 60.4 Å². The van der Waals surface area contributed by atoms with E-state index in [4.69, 9.17) is 4.74 Å². The molecule has 3 amide bonds. The number of thiazole rings is 1. The molecule has 2 aromatic carbocycles. The first-order valence-corrected chi connectivity index (χ1v) is 16.9. The van der Waals surface area contributed by atoms with Gasteiger partial charge in [0.1, 0.15) is 5.75 Å². The van der Waals surface area contributed by atoms with Gasteiger partial charge in [0.2, 0.25) is 11.8 Å². The number of carbonyl (C=O) groups is 3. The molecule has 3 aromatic rings. The van der Waals surface area contributed by atoms with Crippen LogP contribution in [0, 0.1) is 36.5 Å². The number of hydrogen-bond donors (Lipinski definition) is 1. The van der Waals surface area contributed by atoms with Crippen LogP contribution in [-0.4, -0.2) is 52.6 Å². The van der Waals surface area contributed by atoms with E-state index in [0.29, 0.717) is 11.4 Å². The molecule has 8 nitrogen and oxygen atoms in total. The molecule has 7 atom stereocenters. The van der Waals surface area contributed by atoms with Crippen molar-refractivity contribution in [2.75, 3.05) is 24.6 Å². The third kappa shape index (κ3) is 4.23. The fourth-order valence-corrected chi connectivity index (χ4v) is 11.4. The topological polar surface area (TPSA) is 99.8 Å². The van der Waals surface area contributed by atoms with E-state index in [1.54, 1.807) is 11.8 Å². The molecule has 8 rings (SSSR count). The number of nitrogens with zero attached hydrogens (tertiary/aromatic N) is 2. The number of likely N-dealkylation sites (tertiary alicyclic amines) is 1. The Morgan fingerprint density at radius 1 is 0.953 bits per heavy atom. The number of rotatable bonds is 5.